The summed E-state index contributed by atoms with van der Waals surface area (Å²) in [6, 6.07) is 8.01. The van der Waals surface area contributed by atoms with E-state index in [0.717, 1.165) is 5.56 Å². The van der Waals surface area contributed by atoms with Crippen LogP contribution in [0.25, 0.3) is 0 Å². The van der Waals surface area contributed by atoms with E-state index in [0.29, 0.717) is 28.6 Å². The standard InChI is InChI=1S/C18H17Cl2FN2O3/c1-10(12-5-15(21)14(20)6-13(12)19)22-8-18(24)23-7-11-2-3-16-17(4-11)26-9-25-16/h2-6,10,22H,7-9H2,1H3,(H,23,24)/p+1/t10-/m1/s1. The first-order valence-corrected chi connectivity index (χ1v) is 8.82. The van der Waals surface area contributed by atoms with Gasteiger partial charge in [0.1, 0.15) is 11.9 Å². The van der Waals surface area contributed by atoms with Crippen molar-refractivity contribution < 1.29 is 24.0 Å². The highest BCUT2D eigenvalue weighted by Gasteiger charge is 2.18. The molecule has 8 heteroatoms. The van der Waals surface area contributed by atoms with Crippen molar-refractivity contribution in [3.05, 3.63) is 57.3 Å². The third-order valence-corrected chi connectivity index (χ3v) is 4.73. The molecule has 1 aliphatic heterocycles. The number of nitrogens with one attached hydrogen (secondary N) is 1. The average Bonchev–Trinajstić information content (AvgIpc) is 3.08. The van der Waals surface area contributed by atoms with E-state index < -0.39 is 5.82 Å². The van der Waals surface area contributed by atoms with Gasteiger partial charge >= 0.3 is 0 Å². The molecular formula is C18H18Cl2FN2O3+. The van der Waals surface area contributed by atoms with Crippen molar-refractivity contribution in [2.45, 2.75) is 19.5 Å². The van der Waals surface area contributed by atoms with Crippen molar-refractivity contribution in [1.82, 2.24) is 5.32 Å². The molecule has 2 aromatic rings. The van der Waals surface area contributed by atoms with Crippen LogP contribution in [0.3, 0.4) is 0 Å². The summed E-state index contributed by atoms with van der Waals surface area (Å²) in [6.07, 6.45) is 0. The molecule has 5 nitrogen and oxygen atoms in total. The molecule has 26 heavy (non-hydrogen) atoms. The van der Waals surface area contributed by atoms with E-state index in [1.807, 2.05) is 25.1 Å². The summed E-state index contributed by atoms with van der Waals surface area (Å²) in [4.78, 5) is 12.1. The Balaban J connectivity index is 1.50. The van der Waals surface area contributed by atoms with Crippen molar-refractivity contribution in [3.63, 3.8) is 0 Å². The zero-order chi connectivity index (χ0) is 18.7. The molecule has 0 spiro atoms. The number of hydrogen-bond donors (Lipinski definition) is 2. The van der Waals surface area contributed by atoms with Gasteiger partial charge in [-0.1, -0.05) is 29.3 Å². The number of hydrogen-bond acceptors (Lipinski definition) is 3. The summed E-state index contributed by atoms with van der Waals surface area (Å²) in [7, 11) is 0. The van der Waals surface area contributed by atoms with Gasteiger partial charge in [0.15, 0.2) is 18.0 Å². The predicted octanol–water partition coefficient (Wildman–Crippen LogP) is 2.80. The van der Waals surface area contributed by atoms with Gasteiger partial charge in [-0.2, -0.15) is 0 Å². The van der Waals surface area contributed by atoms with Gasteiger partial charge in [-0.05, 0) is 36.8 Å². The SMILES string of the molecule is C[C@@H]([NH2+]CC(=O)NCc1ccc2c(c1)OCO2)c1cc(F)c(Cl)cc1Cl. The van der Waals surface area contributed by atoms with E-state index in [1.165, 1.54) is 12.1 Å². The van der Waals surface area contributed by atoms with Crippen molar-refractivity contribution in [3.8, 4) is 11.5 Å². The number of amides is 1. The molecular weight excluding hydrogens is 382 g/mol. The maximum atomic E-state index is 13.6. The van der Waals surface area contributed by atoms with Gasteiger partial charge in [-0.3, -0.25) is 4.79 Å². The third-order valence-electron chi connectivity index (χ3n) is 4.11. The van der Waals surface area contributed by atoms with Gasteiger partial charge < -0.3 is 20.1 Å². The number of fused-ring (bicyclic) bond motifs is 1. The van der Waals surface area contributed by atoms with Crippen molar-refractivity contribution >= 4 is 29.1 Å². The van der Waals surface area contributed by atoms with Crippen LogP contribution < -0.4 is 20.1 Å². The van der Waals surface area contributed by atoms with Crippen LogP contribution >= 0.6 is 23.2 Å². The molecule has 0 aromatic heterocycles. The molecule has 138 valence electrons. The number of carbonyl (C=O) groups is 1. The Labute approximate surface area is 160 Å². The van der Waals surface area contributed by atoms with Gasteiger partial charge in [0.2, 0.25) is 6.79 Å². The highest BCUT2D eigenvalue weighted by atomic mass is 35.5. The first-order valence-electron chi connectivity index (χ1n) is 8.07. The lowest BCUT2D eigenvalue weighted by Crippen LogP contribution is -2.87. The number of halogens is 3. The van der Waals surface area contributed by atoms with Gasteiger partial charge in [-0.25, -0.2) is 4.39 Å². The van der Waals surface area contributed by atoms with Crippen molar-refractivity contribution in [1.29, 1.82) is 0 Å². The molecule has 1 amide bonds. The van der Waals surface area contributed by atoms with Gasteiger partial charge in [-0.15, -0.1) is 0 Å². The van der Waals surface area contributed by atoms with Crippen LogP contribution in [0.15, 0.2) is 30.3 Å². The normalized spacial score (nSPS) is 13.5. The topological polar surface area (TPSA) is 64.2 Å². The Morgan fingerprint density at radius 3 is 2.81 bits per heavy atom. The number of quaternary nitrogens is 1. The Hall–Kier alpha value is -2.02. The Morgan fingerprint density at radius 2 is 2.00 bits per heavy atom. The van der Waals surface area contributed by atoms with Gasteiger partial charge in [0.05, 0.1) is 10.0 Å². The van der Waals surface area contributed by atoms with Crippen LogP contribution in [0, 0.1) is 5.82 Å². The van der Waals surface area contributed by atoms with Crippen molar-refractivity contribution in [2.24, 2.45) is 0 Å². The Morgan fingerprint density at radius 1 is 1.23 bits per heavy atom. The first kappa shape index (κ1) is 18.8. The van der Waals surface area contributed by atoms with E-state index in [1.54, 1.807) is 5.32 Å². The van der Waals surface area contributed by atoms with Crippen LogP contribution in [-0.2, 0) is 11.3 Å². The fourth-order valence-electron chi connectivity index (χ4n) is 2.62. The monoisotopic (exact) mass is 399 g/mol. The number of benzene rings is 2. The average molecular weight is 400 g/mol. The molecule has 3 rings (SSSR count). The number of rotatable bonds is 6. The summed E-state index contributed by atoms with van der Waals surface area (Å²) in [5, 5.41) is 4.97. The zero-order valence-electron chi connectivity index (χ0n) is 14.0. The molecule has 3 N–H and O–H groups in total. The predicted molar refractivity (Wildman–Crippen MR) is 96.0 cm³/mol. The van der Waals surface area contributed by atoms with E-state index in [9.17, 15) is 9.18 Å². The minimum Gasteiger partial charge on any atom is -0.454 e. The molecule has 0 saturated heterocycles. The lowest BCUT2D eigenvalue weighted by molar-refractivity contribution is -0.682. The molecule has 0 radical (unpaired) electrons. The first-order chi connectivity index (χ1) is 12.4. The second kappa shape index (κ2) is 8.12. The maximum absolute atomic E-state index is 13.6. The lowest BCUT2D eigenvalue weighted by atomic mass is 10.1. The van der Waals surface area contributed by atoms with E-state index in [4.69, 9.17) is 32.7 Å². The fraction of sp³-hybridized carbons (Fsp3) is 0.278. The highest BCUT2D eigenvalue weighted by Crippen LogP contribution is 2.32. The van der Waals surface area contributed by atoms with Gasteiger partial charge in [0.25, 0.3) is 5.91 Å². The molecule has 1 aliphatic rings. The molecule has 0 aliphatic carbocycles. The van der Waals surface area contributed by atoms with Crippen LogP contribution in [0.4, 0.5) is 4.39 Å². The minimum atomic E-state index is -0.529. The van der Waals surface area contributed by atoms with Crippen molar-refractivity contribution in [2.75, 3.05) is 13.3 Å². The molecule has 0 fully saturated rings. The summed E-state index contributed by atoms with van der Waals surface area (Å²) >= 11 is 11.8. The van der Waals surface area contributed by atoms with Crippen LogP contribution in [0.5, 0.6) is 11.5 Å². The second-order valence-electron chi connectivity index (χ2n) is 5.98. The molecule has 2 aromatic carbocycles. The summed E-state index contributed by atoms with van der Waals surface area (Å²) in [5.74, 6) is 0.712. The summed E-state index contributed by atoms with van der Waals surface area (Å²) in [6.45, 7) is 2.63. The maximum Gasteiger partial charge on any atom is 0.275 e. The summed E-state index contributed by atoms with van der Waals surface area (Å²) in [5.41, 5.74) is 1.51. The highest BCUT2D eigenvalue weighted by molar-refractivity contribution is 6.35. The zero-order valence-corrected chi connectivity index (χ0v) is 15.5. The van der Waals surface area contributed by atoms with Crippen LogP contribution in [-0.4, -0.2) is 19.2 Å². The van der Waals surface area contributed by atoms with E-state index >= 15 is 0 Å². The largest absolute Gasteiger partial charge is 0.454 e. The number of nitrogens with two attached hydrogens (primary N) is 1. The molecule has 1 atom stereocenters. The molecule has 0 saturated carbocycles. The van der Waals surface area contributed by atoms with Gasteiger partial charge in [0, 0.05) is 12.1 Å². The Bertz CT molecular complexity index is 832. The lowest BCUT2D eigenvalue weighted by Gasteiger charge is -2.13. The third kappa shape index (κ3) is 4.38. The van der Waals surface area contributed by atoms with Crippen LogP contribution in [0.2, 0.25) is 10.0 Å². The number of ether oxygens (including phenoxy) is 2. The Kier molecular flexibility index (Phi) is 5.86. The number of carbonyl (C=O) groups excluding carboxylic acids is 1. The summed E-state index contributed by atoms with van der Waals surface area (Å²) < 4.78 is 24.2. The minimum absolute atomic E-state index is 0.0209. The fourth-order valence-corrected chi connectivity index (χ4v) is 3.18. The van der Waals surface area contributed by atoms with Crippen LogP contribution in [0.1, 0.15) is 24.1 Å². The second-order valence-corrected chi connectivity index (χ2v) is 6.80. The molecule has 0 unspecified atom stereocenters. The molecule has 1 heterocycles. The molecule has 0 bridgehead atoms. The quantitative estimate of drug-likeness (QED) is 0.734. The smallest absolute Gasteiger partial charge is 0.275 e. The van der Waals surface area contributed by atoms with E-state index in [2.05, 4.69) is 5.32 Å². The van der Waals surface area contributed by atoms with E-state index in [-0.39, 0.29) is 30.3 Å².